The molecule has 0 aliphatic carbocycles. The third kappa shape index (κ3) is 1.64. The Morgan fingerprint density at radius 3 is 3.09 bits per heavy atom. The second kappa shape index (κ2) is 2.97. The van der Waals surface area contributed by atoms with Crippen molar-refractivity contribution in [3.8, 4) is 6.07 Å². The molecule has 1 aromatic rings. The van der Waals surface area contributed by atoms with E-state index >= 15 is 0 Å². The lowest BCUT2D eigenvalue weighted by molar-refractivity contribution is 0.0962. The third-order valence-electron chi connectivity index (χ3n) is 1.14. The van der Waals surface area contributed by atoms with E-state index in [1.54, 1.807) is 13.0 Å². The Kier molecular flexibility index (Phi) is 2.02. The van der Waals surface area contributed by atoms with Gasteiger partial charge in [0.2, 0.25) is 11.5 Å². The maximum atomic E-state index is 10.9. The Hall–Kier alpha value is -1.63. The zero-order valence-electron chi connectivity index (χ0n) is 6.00. The molecule has 0 amide bonds. The van der Waals surface area contributed by atoms with Crippen LogP contribution >= 0.6 is 0 Å². The molecule has 0 saturated heterocycles. The third-order valence-corrected chi connectivity index (χ3v) is 1.14. The Balaban J connectivity index is 2.78. The highest BCUT2D eigenvalue weighted by Crippen LogP contribution is 2.04. The molecule has 4 nitrogen and oxygen atoms in total. The summed E-state index contributed by atoms with van der Waals surface area (Å²) in [5, 5.41) is 11.7. The quantitative estimate of drug-likeness (QED) is 0.591. The van der Waals surface area contributed by atoms with Crippen LogP contribution in [0.2, 0.25) is 0 Å². The highest BCUT2D eigenvalue weighted by molar-refractivity contribution is 5.94. The lowest BCUT2D eigenvalue weighted by atomic mass is 10.2. The molecular weight excluding hydrogens is 144 g/mol. The Morgan fingerprint density at radius 2 is 2.64 bits per heavy atom. The number of Topliss-reactive ketones (excluding diaryl/α,β-unsaturated/α-hetero) is 1. The molecule has 0 bridgehead atoms. The second-order valence-electron chi connectivity index (χ2n) is 2.09. The van der Waals surface area contributed by atoms with Crippen LogP contribution in [0.3, 0.4) is 0 Å². The fourth-order valence-corrected chi connectivity index (χ4v) is 0.654. The van der Waals surface area contributed by atoms with E-state index in [9.17, 15) is 4.79 Å². The van der Waals surface area contributed by atoms with E-state index in [0.717, 1.165) is 0 Å². The lowest BCUT2D eigenvalue weighted by Gasteiger charge is -1.82. The molecule has 4 heteroatoms. The maximum Gasteiger partial charge on any atom is 0.214 e. The molecule has 1 aromatic heterocycles. The van der Waals surface area contributed by atoms with Gasteiger partial charge in [0.25, 0.3) is 0 Å². The number of hydrogen-bond donors (Lipinski definition) is 0. The summed E-state index contributed by atoms with van der Waals surface area (Å²) in [6, 6.07) is 3.25. The van der Waals surface area contributed by atoms with Gasteiger partial charge in [-0.3, -0.25) is 4.79 Å². The van der Waals surface area contributed by atoms with Crippen molar-refractivity contribution in [1.82, 2.24) is 5.16 Å². The number of nitrogens with zero attached hydrogens (tertiary/aromatic N) is 2. The van der Waals surface area contributed by atoms with Gasteiger partial charge in [-0.1, -0.05) is 5.16 Å². The smallest absolute Gasteiger partial charge is 0.214 e. The van der Waals surface area contributed by atoms with E-state index in [2.05, 4.69) is 9.68 Å². The number of nitriles is 1. The maximum absolute atomic E-state index is 10.9. The fourth-order valence-electron chi connectivity index (χ4n) is 0.654. The molecule has 0 unspecified atom stereocenters. The van der Waals surface area contributed by atoms with Gasteiger partial charge in [0.1, 0.15) is 6.42 Å². The minimum atomic E-state index is -0.326. The van der Waals surface area contributed by atoms with Crippen molar-refractivity contribution in [2.45, 2.75) is 13.3 Å². The summed E-state index contributed by atoms with van der Waals surface area (Å²) in [6.07, 6.45) is -0.158. The topological polar surface area (TPSA) is 66.9 Å². The summed E-state index contributed by atoms with van der Waals surface area (Å²) in [7, 11) is 0. The van der Waals surface area contributed by atoms with E-state index < -0.39 is 0 Å². The van der Waals surface area contributed by atoms with Gasteiger partial charge < -0.3 is 4.52 Å². The Morgan fingerprint density at radius 1 is 1.91 bits per heavy atom. The largest absolute Gasteiger partial charge is 0.353 e. The summed E-state index contributed by atoms with van der Waals surface area (Å²) < 4.78 is 4.63. The van der Waals surface area contributed by atoms with Crippen molar-refractivity contribution < 1.29 is 9.32 Å². The zero-order chi connectivity index (χ0) is 8.27. The van der Waals surface area contributed by atoms with Crippen LogP contribution < -0.4 is 0 Å². The summed E-state index contributed by atoms with van der Waals surface area (Å²) in [5.74, 6) is -0.169. The summed E-state index contributed by atoms with van der Waals surface area (Å²) >= 11 is 0. The first kappa shape index (κ1) is 7.48. The van der Waals surface area contributed by atoms with Crippen LogP contribution in [0.5, 0.6) is 0 Å². The van der Waals surface area contributed by atoms with E-state index in [0.29, 0.717) is 5.69 Å². The summed E-state index contributed by atoms with van der Waals surface area (Å²) in [4.78, 5) is 10.9. The SMILES string of the molecule is Cc1cc(C(=O)CC#N)on1. The van der Waals surface area contributed by atoms with Crippen molar-refractivity contribution in [1.29, 1.82) is 5.26 Å². The van der Waals surface area contributed by atoms with Crippen molar-refractivity contribution in [2.75, 3.05) is 0 Å². The standard InChI is InChI=1S/C7H6N2O2/c1-5-4-7(11-9-5)6(10)2-3-8/h4H,2H2,1H3. The van der Waals surface area contributed by atoms with Gasteiger partial charge in [-0.2, -0.15) is 5.26 Å². The van der Waals surface area contributed by atoms with Crippen molar-refractivity contribution in [3.05, 3.63) is 17.5 Å². The number of aryl methyl sites for hydroxylation is 1. The van der Waals surface area contributed by atoms with E-state index in [-0.39, 0.29) is 18.0 Å². The Bertz CT molecular complexity index is 308. The average Bonchev–Trinajstić information content (AvgIpc) is 2.36. The molecule has 0 aliphatic rings. The summed E-state index contributed by atoms with van der Waals surface area (Å²) in [6.45, 7) is 1.71. The molecule has 0 N–H and O–H groups in total. The van der Waals surface area contributed by atoms with Crippen LogP contribution in [0, 0.1) is 18.3 Å². The van der Waals surface area contributed by atoms with Crippen LogP contribution in [0.4, 0.5) is 0 Å². The van der Waals surface area contributed by atoms with Crippen molar-refractivity contribution >= 4 is 5.78 Å². The van der Waals surface area contributed by atoms with Crippen LogP contribution in [-0.4, -0.2) is 10.9 Å². The number of rotatable bonds is 2. The highest BCUT2D eigenvalue weighted by Gasteiger charge is 2.09. The molecule has 0 radical (unpaired) electrons. The van der Waals surface area contributed by atoms with Crippen LogP contribution in [0.1, 0.15) is 22.7 Å². The molecule has 1 heterocycles. The number of aromatic nitrogens is 1. The normalized spacial score (nSPS) is 9.09. The predicted octanol–water partition coefficient (Wildman–Crippen LogP) is 1.08. The molecule has 1 rings (SSSR count). The minimum Gasteiger partial charge on any atom is -0.353 e. The van der Waals surface area contributed by atoms with E-state index in [4.69, 9.17) is 5.26 Å². The average molecular weight is 150 g/mol. The van der Waals surface area contributed by atoms with Gasteiger partial charge in [0.05, 0.1) is 11.8 Å². The van der Waals surface area contributed by atoms with Crippen molar-refractivity contribution in [3.63, 3.8) is 0 Å². The van der Waals surface area contributed by atoms with Gasteiger partial charge in [0.15, 0.2) is 0 Å². The predicted molar refractivity (Wildman–Crippen MR) is 35.8 cm³/mol. The van der Waals surface area contributed by atoms with Crippen LogP contribution in [0.25, 0.3) is 0 Å². The minimum absolute atomic E-state index is 0.157. The van der Waals surface area contributed by atoms with Gasteiger partial charge in [-0.25, -0.2) is 0 Å². The second-order valence-corrected chi connectivity index (χ2v) is 2.09. The Labute approximate surface area is 63.4 Å². The van der Waals surface area contributed by atoms with Crippen LogP contribution in [-0.2, 0) is 0 Å². The first-order chi connectivity index (χ1) is 5.24. The molecule has 0 spiro atoms. The molecular formula is C7H6N2O2. The molecule has 0 aliphatic heterocycles. The molecule has 0 saturated carbocycles. The first-order valence-corrected chi connectivity index (χ1v) is 3.07. The monoisotopic (exact) mass is 150 g/mol. The molecule has 0 atom stereocenters. The van der Waals surface area contributed by atoms with E-state index in [1.807, 2.05) is 0 Å². The highest BCUT2D eigenvalue weighted by atomic mass is 16.5. The number of carbonyl (C=O) groups excluding carboxylic acids is 1. The molecule has 11 heavy (non-hydrogen) atoms. The molecule has 0 fully saturated rings. The number of hydrogen-bond acceptors (Lipinski definition) is 4. The summed E-state index contributed by atoms with van der Waals surface area (Å²) in [5.41, 5.74) is 0.645. The van der Waals surface area contributed by atoms with E-state index in [1.165, 1.54) is 6.07 Å². The van der Waals surface area contributed by atoms with Gasteiger partial charge in [0, 0.05) is 6.07 Å². The van der Waals surface area contributed by atoms with Crippen LogP contribution in [0.15, 0.2) is 10.6 Å². The number of carbonyl (C=O) groups is 1. The number of ketones is 1. The lowest BCUT2D eigenvalue weighted by Crippen LogP contribution is -1.93. The zero-order valence-corrected chi connectivity index (χ0v) is 6.00. The fraction of sp³-hybridized carbons (Fsp3) is 0.286. The van der Waals surface area contributed by atoms with Gasteiger partial charge in [-0.05, 0) is 6.92 Å². The van der Waals surface area contributed by atoms with Gasteiger partial charge in [-0.15, -0.1) is 0 Å². The molecule has 56 valence electrons. The molecule has 0 aromatic carbocycles. The van der Waals surface area contributed by atoms with Crippen molar-refractivity contribution in [2.24, 2.45) is 0 Å². The van der Waals surface area contributed by atoms with Gasteiger partial charge >= 0.3 is 0 Å². The first-order valence-electron chi connectivity index (χ1n) is 3.07.